The van der Waals surface area contributed by atoms with Crippen molar-refractivity contribution in [3.8, 4) is 0 Å². The molecule has 41 heavy (non-hydrogen) atoms. The number of benzene rings is 3. The lowest BCUT2D eigenvalue weighted by molar-refractivity contribution is 0.0651. The van der Waals surface area contributed by atoms with Gasteiger partial charge in [0, 0.05) is 5.92 Å². The van der Waals surface area contributed by atoms with Crippen molar-refractivity contribution >= 4 is 23.9 Å². The molecule has 3 rings (SSSR count). The van der Waals surface area contributed by atoms with Gasteiger partial charge < -0.3 is 20.4 Å². The quantitative estimate of drug-likeness (QED) is 0.131. The highest BCUT2D eigenvalue weighted by Gasteiger charge is 2.30. The van der Waals surface area contributed by atoms with Gasteiger partial charge in [0.2, 0.25) is 0 Å². The third-order valence-corrected chi connectivity index (χ3v) is 7.48. The molecule has 0 spiro atoms. The maximum absolute atomic E-state index is 12.1. The van der Waals surface area contributed by atoms with Gasteiger partial charge in [-0.1, -0.05) is 94.3 Å². The molecule has 0 bridgehead atoms. The van der Waals surface area contributed by atoms with Gasteiger partial charge in [0.05, 0.1) is 22.3 Å². The van der Waals surface area contributed by atoms with Crippen molar-refractivity contribution in [2.75, 3.05) is 0 Å². The zero-order valence-electron chi connectivity index (χ0n) is 23.1. The lowest BCUT2D eigenvalue weighted by Crippen LogP contribution is -2.17. The Morgan fingerprint density at radius 3 is 1.41 bits per heavy atom. The second-order valence-corrected chi connectivity index (χ2v) is 10.2. The topological polar surface area (TPSA) is 149 Å². The number of carboxylic acid groups (broad SMARTS) is 4. The van der Waals surface area contributed by atoms with E-state index in [2.05, 4.69) is 6.92 Å². The molecule has 3 aromatic carbocycles. The van der Waals surface area contributed by atoms with E-state index in [0.717, 1.165) is 37.7 Å². The Balaban J connectivity index is 2.16. The maximum atomic E-state index is 12.1. The van der Waals surface area contributed by atoms with Crippen LogP contribution >= 0.6 is 0 Å². The third kappa shape index (κ3) is 8.03. The number of unbranched alkanes of at least 4 members (excludes halogenated alkanes) is 6. The first-order valence-electron chi connectivity index (χ1n) is 13.9. The Morgan fingerprint density at radius 1 is 0.537 bits per heavy atom. The van der Waals surface area contributed by atoms with Gasteiger partial charge in [0.1, 0.15) is 0 Å². The summed E-state index contributed by atoms with van der Waals surface area (Å²) in [6.45, 7) is 2.17. The molecule has 0 radical (unpaired) electrons. The molecule has 0 saturated carbocycles. The molecular formula is C33H36O8. The predicted molar refractivity (Wildman–Crippen MR) is 154 cm³/mol. The van der Waals surface area contributed by atoms with Crippen molar-refractivity contribution in [3.05, 3.63) is 106 Å². The highest BCUT2D eigenvalue weighted by molar-refractivity contribution is 6.02. The van der Waals surface area contributed by atoms with Crippen LogP contribution in [0.4, 0.5) is 0 Å². The van der Waals surface area contributed by atoms with Crippen LogP contribution < -0.4 is 0 Å². The fraction of sp³-hybridized carbons (Fsp3) is 0.333. The van der Waals surface area contributed by atoms with Gasteiger partial charge in [-0.15, -0.1) is 0 Å². The van der Waals surface area contributed by atoms with E-state index in [1.165, 1.54) is 37.1 Å². The Morgan fingerprint density at radius 2 is 0.976 bits per heavy atom. The molecule has 0 aliphatic rings. The molecule has 3 aromatic rings. The van der Waals surface area contributed by atoms with Gasteiger partial charge in [-0.05, 0) is 53.3 Å². The van der Waals surface area contributed by atoms with E-state index in [0.29, 0.717) is 17.5 Å². The van der Waals surface area contributed by atoms with E-state index in [4.69, 9.17) is 0 Å². The number of hydrogen-bond acceptors (Lipinski definition) is 4. The van der Waals surface area contributed by atoms with Gasteiger partial charge in [-0.25, -0.2) is 19.2 Å². The van der Waals surface area contributed by atoms with Crippen LogP contribution in [0.1, 0.15) is 128 Å². The summed E-state index contributed by atoms with van der Waals surface area (Å²) in [5.41, 5.74) is 0.521. The average Bonchev–Trinajstić information content (AvgIpc) is 2.95. The molecule has 0 heterocycles. The van der Waals surface area contributed by atoms with Crippen LogP contribution in [0.15, 0.2) is 66.7 Å². The number of rotatable bonds is 16. The molecule has 0 fully saturated rings. The normalized spacial score (nSPS) is 11.8. The molecule has 0 aliphatic carbocycles. The van der Waals surface area contributed by atoms with E-state index < -0.39 is 29.8 Å². The molecule has 0 amide bonds. The summed E-state index contributed by atoms with van der Waals surface area (Å²) in [6.07, 6.45) is 8.35. The van der Waals surface area contributed by atoms with Crippen LogP contribution in [-0.2, 0) is 0 Å². The lowest BCUT2D eigenvalue weighted by atomic mass is 9.73. The molecule has 4 N–H and O–H groups in total. The van der Waals surface area contributed by atoms with Crippen LogP contribution in [0.25, 0.3) is 0 Å². The fourth-order valence-electron chi connectivity index (χ4n) is 5.44. The molecular weight excluding hydrogens is 524 g/mol. The van der Waals surface area contributed by atoms with Crippen LogP contribution in [0, 0.1) is 0 Å². The SMILES string of the molecule is CCCCCCCCCC(c1ccccc1)C(c1ccc(C(=O)O)c(C(=O)O)c1)c1ccc(C(=O)O)c(C(=O)O)c1. The minimum atomic E-state index is -1.39. The molecule has 1 unspecified atom stereocenters. The second kappa shape index (κ2) is 14.8. The molecule has 8 nitrogen and oxygen atoms in total. The summed E-state index contributed by atoms with van der Waals surface area (Å²) in [4.78, 5) is 47.6. The van der Waals surface area contributed by atoms with Gasteiger partial charge in [0.15, 0.2) is 0 Å². The summed E-state index contributed by atoms with van der Waals surface area (Å²) >= 11 is 0. The number of aromatic carboxylic acids is 4. The molecule has 0 aromatic heterocycles. The first kappa shape index (κ1) is 31.1. The molecule has 216 valence electrons. The van der Waals surface area contributed by atoms with Crippen molar-refractivity contribution in [2.24, 2.45) is 0 Å². The number of carboxylic acids is 4. The van der Waals surface area contributed by atoms with Crippen molar-refractivity contribution in [1.82, 2.24) is 0 Å². The van der Waals surface area contributed by atoms with Crippen LogP contribution in [0.5, 0.6) is 0 Å². The van der Waals surface area contributed by atoms with Crippen LogP contribution in [0.3, 0.4) is 0 Å². The van der Waals surface area contributed by atoms with Crippen molar-refractivity contribution < 1.29 is 39.6 Å². The summed E-state index contributed by atoms with van der Waals surface area (Å²) in [6, 6.07) is 17.9. The fourth-order valence-corrected chi connectivity index (χ4v) is 5.44. The Hall–Kier alpha value is -4.46. The molecule has 8 heteroatoms. The first-order valence-corrected chi connectivity index (χ1v) is 13.9. The second-order valence-electron chi connectivity index (χ2n) is 10.2. The zero-order valence-corrected chi connectivity index (χ0v) is 23.1. The summed E-state index contributed by atoms with van der Waals surface area (Å²) < 4.78 is 0. The minimum absolute atomic E-state index is 0.221. The first-order chi connectivity index (χ1) is 19.6. The van der Waals surface area contributed by atoms with Gasteiger partial charge >= 0.3 is 23.9 Å². The minimum Gasteiger partial charge on any atom is -0.478 e. The summed E-state index contributed by atoms with van der Waals surface area (Å²) in [5.74, 6) is -6.31. The highest BCUT2D eigenvalue weighted by Crippen LogP contribution is 2.43. The van der Waals surface area contributed by atoms with Gasteiger partial charge in [-0.2, -0.15) is 0 Å². The zero-order chi connectivity index (χ0) is 29.9. The van der Waals surface area contributed by atoms with Crippen LogP contribution in [0.2, 0.25) is 0 Å². The van der Waals surface area contributed by atoms with Crippen molar-refractivity contribution in [3.63, 3.8) is 0 Å². The smallest absolute Gasteiger partial charge is 0.336 e. The molecule has 0 aliphatic heterocycles. The van der Waals surface area contributed by atoms with Gasteiger partial charge in [0.25, 0.3) is 0 Å². The molecule has 0 saturated heterocycles. The van der Waals surface area contributed by atoms with Crippen LogP contribution in [-0.4, -0.2) is 44.3 Å². The Bertz CT molecular complexity index is 1300. The van der Waals surface area contributed by atoms with Gasteiger partial charge in [-0.3, -0.25) is 0 Å². The molecule has 1 atom stereocenters. The Kier molecular flexibility index (Phi) is 11.2. The predicted octanol–water partition coefficient (Wildman–Crippen LogP) is 7.54. The van der Waals surface area contributed by atoms with E-state index in [1.54, 1.807) is 12.1 Å². The highest BCUT2D eigenvalue weighted by atomic mass is 16.4. The monoisotopic (exact) mass is 560 g/mol. The third-order valence-electron chi connectivity index (χ3n) is 7.48. The maximum Gasteiger partial charge on any atom is 0.336 e. The van der Waals surface area contributed by atoms with E-state index in [1.807, 2.05) is 30.3 Å². The average molecular weight is 561 g/mol. The van der Waals surface area contributed by atoms with E-state index in [9.17, 15) is 39.6 Å². The van der Waals surface area contributed by atoms with Crippen molar-refractivity contribution in [1.29, 1.82) is 0 Å². The number of carbonyl (C=O) groups is 4. The van der Waals surface area contributed by atoms with Crippen molar-refractivity contribution in [2.45, 2.75) is 70.1 Å². The van der Waals surface area contributed by atoms with E-state index >= 15 is 0 Å². The van der Waals surface area contributed by atoms with E-state index in [-0.39, 0.29) is 28.2 Å². The Labute approximate surface area is 239 Å². The lowest BCUT2D eigenvalue weighted by Gasteiger charge is -2.30. The summed E-state index contributed by atoms with van der Waals surface area (Å²) in [5, 5.41) is 38.8. The largest absolute Gasteiger partial charge is 0.478 e. The number of hydrogen-bond donors (Lipinski definition) is 4. The standard InChI is InChI=1S/C33H36O8/c1-2-3-4-5-6-7-11-14-24(21-12-9-8-10-13-21)29(22-15-17-25(30(34)35)27(19-22)32(38)39)23-16-18-26(31(36)37)28(20-23)33(40)41/h8-10,12-13,15-20,24,29H,2-7,11,14H2,1H3,(H,34,35)(H,36,37)(H,38,39)(H,40,41). The summed E-state index contributed by atoms with van der Waals surface area (Å²) in [7, 11) is 0.